The van der Waals surface area contributed by atoms with Gasteiger partial charge in [-0.2, -0.15) is 0 Å². The minimum absolute atomic E-state index is 0.116. The van der Waals surface area contributed by atoms with Gasteiger partial charge < -0.3 is 14.0 Å². The summed E-state index contributed by atoms with van der Waals surface area (Å²) in [5, 5.41) is 0. The van der Waals surface area contributed by atoms with E-state index < -0.39 is 0 Å². The molecule has 0 amide bonds. The van der Waals surface area contributed by atoms with Crippen LogP contribution in [0.3, 0.4) is 0 Å². The lowest BCUT2D eigenvalue weighted by molar-refractivity contribution is 0.0337. The number of hydrogen-bond donors (Lipinski definition) is 0. The van der Waals surface area contributed by atoms with Gasteiger partial charge in [0.25, 0.3) is 0 Å². The van der Waals surface area contributed by atoms with Crippen LogP contribution in [0.2, 0.25) is 0 Å². The minimum atomic E-state index is -0.236. The van der Waals surface area contributed by atoms with Crippen LogP contribution in [0.1, 0.15) is 19.4 Å². The Hall–Kier alpha value is -1.26. The van der Waals surface area contributed by atoms with Crippen LogP contribution in [-0.2, 0) is 9.31 Å². The average Bonchev–Trinajstić information content (AvgIpc) is 2.38. The largest absolute Gasteiger partial charge is 0.497 e. The minimum Gasteiger partial charge on any atom is -0.497 e. The van der Waals surface area contributed by atoms with Crippen LogP contribution >= 0.6 is 0 Å². The molecule has 0 atom stereocenters. The Kier molecular flexibility index (Phi) is 4.09. The lowest BCUT2D eigenvalue weighted by Gasteiger charge is -2.31. The molecule has 0 radical (unpaired) electrons. The lowest BCUT2D eigenvalue weighted by Crippen LogP contribution is -2.39. The van der Waals surface area contributed by atoms with Gasteiger partial charge in [-0.25, -0.2) is 0 Å². The highest BCUT2D eigenvalue weighted by Crippen LogP contribution is 2.22. The highest BCUT2D eigenvalue weighted by molar-refractivity contribution is 6.51. The Morgan fingerprint density at radius 2 is 1.78 bits per heavy atom. The maximum atomic E-state index is 5.63. The number of rotatable bonds is 3. The Bertz CT molecular complexity index is 402. The number of benzene rings is 1. The van der Waals surface area contributed by atoms with E-state index in [1.54, 1.807) is 7.11 Å². The second kappa shape index (κ2) is 5.59. The van der Waals surface area contributed by atoms with Gasteiger partial charge in [0.2, 0.25) is 0 Å². The molecule has 0 aliphatic carbocycles. The normalized spacial score (nSPS) is 19.2. The Morgan fingerprint density at radius 3 is 2.33 bits per heavy atom. The molecule has 0 bridgehead atoms. The van der Waals surface area contributed by atoms with Crippen molar-refractivity contribution in [3.05, 3.63) is 35.8 Å². The van der Waals surface area contributed by atoms with Crippen molar-refractivity contribution in [3.8, 4) is 5.75 Å². The van der Waals surface area contributed by atoms with Crippen molar-refractivity contribution in [2.75, 3.05) is 20.3 Å². The van der Waals surface area contributed by atoms with E-state index in [-0.39, 0.29) is 12.5 Å². The molecular weight excluding hydrogens is 227 g/mol. The van der Waals surface area contributed by atoms with Crippen LogP contribution in [0.25, 0.3) is 6.08 Å². The standard InChI is InChI=1S/C14H19BO3/c1-14(2)10-17-15(18-11-14)9-8-12-4-6-13(16-3)7-5-12/h4-9H,10-11H2,1-3H3/b9-8+. The first-order chi connectivity index (χ1) is 8.59. The first-order valence-electron chi connectivity index (χ1n) is 6.14. The zero-order valence-corrected chi connectivity index (χ0v) is 11.2. The summed E-state index contributed by atoms with van der Waals surface area (Å²) in [6.45, 7) is 5.72. The van der Waals surface area contributed by atoms with Crippen LogP contribution in [-0.4, -0.2) is 27.4 Å². The van der Waals surface area contributed by atoms with Gasteiger partial charge in [0, 0.05) is 18.6 Å². The molecule has 4 heteroatoms. The molecule has 0 aromatic heterocycles. The predicted octanol–water partition coefficient (Wildman–Crippen LogP) is 2.81. The van der Waals surface area contributed by atoms with Gasteiger partial charge in [-0.1, -0.05) is 38.0 Å². The highest BCUT2D eigenvalue weighted by Gasteiger charge is 2.30. The Balaban J connectivity index is 1.90. The first-order valence-corrected chi connectivity index (χ1v) is 6.14. The summed E-state index contributed by atoms with van der Waals surface area (Å²) in [5.41, 5.74) is 1.22. The molecule has 1 fully saturated rings. The number of ether oxygens (including phenoxy) is 1. The van der Waals surface area contributed by atoms with Crippen molar-refractivity contribution >= 4 is 13.2 Å². The second-order valence-corrected chi connectivity index (χ2v) is 5.29. The zero-order valence-electron chi connectivity index (χ0n) is 11.2. The summed E-state index contributed by atoms with van der Waals surface area (Å²) < 4.78 is 16.4. The second-order valence-electron chi connectivity index (χ2n) is 5.29. The SMILES string of the molecule is COc1ccc(/C=C/B2OCC(C)(C)CO2)cc1. The molecule has 1 aliphatic heterocycles. The predicted molar refractivity (Wildman–Crippen MR) is 73.5 cm³/mol. The Morgan fingerprint density at radius 1 is 1.17 bits per heavy atom. The van der Waals surface area contributed by atoms with E-state index in [0.29, 0.717) is 0 Å². The van der Waals surface area contributed by atoms with Crippen LogP contribution in [0.4, 0.5) is 0 Å². The lowest BCUT2D eigenvalue weighted by atomic mass is 9.83. The van der Waals surface area contributed by atoms with Crippen molar-refractivity contribution in [3.63, 3.8) is 0 Å². The fourth-order valence-electron chi connectivity index (χ4n) is 1.72. The summed E-state index contributed by atoms with van der Waals surface area (Å²) in [6.07, 6.45) is 2.00. The van der Waals surface area contributed by atoms with Crippen molar-refractivity contribution in [2.24, 2.45) is 5.41 Å². The molecular formula is C14H19BO3. The zero-order chi connectivity index (χ0) is 13.0. The van der Waals surface area contributed by atoms with E-state index in [1.165, 1.54) is 0 Å². The molecule has 0 spiro atoms. The quantitative estimate of drug-likeness (QED) is 0.767. The Labute approximate surface area is 109 Å². The summed E-state index contributed by atoms with van der Waals surface area (Å²) in [5.74, 6) is 2.80. The third-order valence-electron chi connectivity index (χ3n) is 2.84. The van der Waals surface area contributed by atoms with Crippen LogP contribution in [0, 0.1) is 5.41 Å². The van der Waals surface area contributed by atoms with Crippen molar-refractivity contribution in [1.82, 2.24) is 0 Å². The van der Waals surface area contributed by atoms with Crippen LogP contribution in [0.5, 0.6) is 5.75 Å². The molecule has 1 aliphatic rings. The highest BCUT2D eigenvalue weighted by atomic mass is 16.6. The summed E-state index contributed by atoms with van der Waals surface area (Å²) in [4.78, 5) is 0. The molecule has 96 valence electrons. The summed E-state index contributed by atoms with van der Waals surface area (Å²) in [6, 6.07) is 7.88. The van der Waals surface area contributed by atoms with Crippen LogP contribution in [0.15, 0.2) is 30.2 Å². The van der Waals surface area contributed by atoms with E-state index in [9.17, 15) is 0 Å². The van der Waals surface area contributed by atoms with Crippen molar-refractivity contribution in [2.45, 2.75) is 13.8 Å². The van der Waals surface area contributed by atoms with E-state index in [4.69, 9.17) is 14.0 Å². The fourth-order valence-corrected chi connectivity index (χ4v) is 1.72. The van der Waals surface area contributed by atoms with Gasteiger partial charge in [0.15, 0.2) is 0 Å². The molecule has 3 nitrogen and oxygen atoms in total. The van der Waals surface area contributed by atoms with Gasteiger partial charge >= 0.3 is 7.12 Å². The van der Waals surface area contributed by atoms with Gasteiger partial charge in [0.1, 0.15) is 5.75 Å². The van der Waals surface area contributed by atoms with E-state index in [0.717, 1.165) is 24.5 Å². The number of hydrogen-bond acceptors (Lipinski definition) is 3. The molecule has 1 aromatic carbocycles. The van der Waals surface area contributed by atoms with Gasteiger partial charge in [-0.15, -0.1) is 0 Å². The maximum absolute atomic E-state index is 5.63. The third-order valence-corrected chi connectivity index (χ3v) is 2.84. The van der Waals surface area contributed by atoms with Crippen LogP contribution < -0.4 is 4.74 Å². The fraction of sp³-hybridized carbons (Fsp3) is 0.429. The molecule has 1 heterocycles. The molecule has 0 saturated carbocycles. The van der Waals surface area contributed by atoms with E-state index in [2.05, 4.69) is 13.8 Å². The molecule has 1 aromatic rings. The van der Waals surface area contributed by atoms with Gasteiger partial charge in [-0.3, -0.25) is 0 Å². The summed E-state index contributed by atoms with van der Waals surface area (Å²) >= 11 is 0. The average molecular weight is 246 g/mol. The molecule has 1 saturated heterocycles. The number of methoxy groups -OCH3 is 1. The maximum Gasteiger partial charge on any atom is 0.486 e. The van der Waals surface area contributed by atoms with E-state index in [1.807, 2.05) is 36.3 Å². The van der Waals surface area contributed by atoms with Gasteiger partial charge in [-0.05, 0) is 17.7 Å². The topological polar surface area (TPSA) is 27.7 Å². The van der Waals surface area contributed by atoms with Crippen molar-refractivity contribution in [1.29, 1.82) is 0 Å². The van der Waals surface area contributed by atoms with Crippen molar-refractivity contribution < 1.29 is 14.0 Å². The molecule has 0 unspecified atom stereocenters. The van der Waals surface area contributed by atoms with E-state index >= 15 is 0 Å². The van der Waals surface area contributed by atoms with Gasteiger partial charge in [0.05, 0.1) is 7.11 Å². The smallest absolute Gasteiger partial charge is 0.486 e. The first kappa shape index (κ1) is 13.2. The monoisotopic (exact) mass is 246 g/mol. The molecule has 0 N–H and O–H groups in total. The third kappa shape index (κ3) is 3.62. The molecule has 2 rings (SSSR count). The summed E-state index contributed by atoms with van der Waals surface area (Å²) in [7, 11) is 1.43. The molecule has 18 heavy (non-hydrogen) atoms.